The summed E-state index contributed by atoms with van der Waals surface area (Å²) in [5.41, 5.74) is 12.4. The van der Waals surface area contributed by atoms with E-state index in [0.29, 0.717) is 47.3 Å². The lowest BCUT2D eigenvalue weighted by atomic mass is 10.1. The van der Waals surface area contributed by atoms with E-state index < -0.39 is 18.1 Å². The molecule has 3 heterocycles. The maximum Gasteiger partial charge on any atom is 0.404 e. The lowest BCUT2D eigenvalue weighted by Gasteiger charge is -2.32. The van der Waals surface area contributed by atoms with Gasteiger partial charge < -0.3 is 31.0 Å². The summed E-state index contributed by atoms with van der Waals surface area (Å²) in [6, 6.07) is 8.53. The van der Waals surface area contributed by atoms with Crippen molar-refractivity contribution in [3.05, 3.63) is 63.7 Å². The third-order valence-electron chi connectivity index (χ3n) is 6.00. The molecule has 11 nitrogen and oxygen atoms in total. The molecule has 1 saturated heterocycles. The van der Waals surface area contributed by atoms with E-state index in [1.54, 1.807) is 41.1 Å². The molecule has 0 saturated carbocycles. The number of piperidine rings is 1. The van der Waals surface area contributed by atoms with Gasteiger partial charge in [0.15, 0.2) is 0 Å². The fourth-order valence-electron chi connectivity index (χ4n) is 4.21. The molecule has 194 valence electrons. The van der Waals surface area contributed by atoms with Crippen molar-refractivity contribution >= 4 is 41.1 Å². The Morgan fingerprint density at radius 3 is 2.59 bits per heavy atom. The predicted molar refractivity (Wildman–Crippen MR) is 141 cm³/mol. The third-order valence-corrected chi connectivity index (χ3v) is 6.25. The Labute approximate surface area is 218 Å². The summed E-state index contributed by atoms with van der Waals surface area (Å²) in [6.45, 7) is 4.79. The molecule has 4 rings (SSSR count). The van der Waals surface area contributed by atoms with Crippen LogP contribution >= 0.6 is 11.6 Å². The number of nitrogens with zero attached hydrogens (tertiary/aromatic N) is 4. The van der Waals surface area contributed by atoms with Crippen molar-refractivity contribution in [3.8, 4) is 11.1 Å². The Kier molecular flexibility index (Phi) is 7.63. The fraction of sp³-hybridized carbons (Fsp3) is 0.320. The zero-order valence-electron chi connectivity index (χ0n) is 20.5. The van der Waals surface area contributed by atoms with Crippen LogP contribution < -0.4 is 27.2 Å². The van der Waals surface area contributed by atoms with Crippen LogP contribution in [0, 0.1) is 0 Å². The number of carbonyl (C=O) groups is 2. The normalized spacial score (nSPS) is 15.5. The Bertz CT molecular complexity index is 1370. The molecule has 37 heavy (non-hydrogen) atoms. The largest absolute Gasteiger partial charge is 0.445 e. The van der Waals surface area contributed by atoms with Gasteiger partial charge in [0.2, 0.25) is 5.95 Å². The highest BCUT2D eigenvalue weighted by Gasteiger charge is 2.25. The Balaban J connectivity index is 1.73. The smallest absolute Gasteiger partial charge is 0.404 e. The lowest BCUT2D eigenvalue weighted by molar-refractivity contribution is 0.0959. The third kappa shape index (κ3) is 6.00. The summed E-state index contributed by atoms with van der Waals surface area (Å²) in [5, 5.41) is 3.71. The molecule has 0 aliphatic carbocycles. The van der Waals surface area contributed by atoms with Gasteiger partial charge in [0.05, 0.1) is 12.2 Å². The highest BCUT2D eigenvalue weighted by molar-refractivity contribution is 6.30. The number of nitrogens with one attached hydrogen (secondary N) is 1. The minimum absolute atomic E-state index is 0.0843. The quantitative estimate of drug-likeness (QED) is 0.423. The van der Waals surface area contributed by atoms with E-state index in [2.05, 4.69) is 15.3 Å². The number of anilines is 3. The first-order valence-corrected chi connectivity index (χ1v) is 12.2. The second-order valence-corrected chi connectivity index (χ2v) is 9.46. The maximum absolute atomic E-state index is 13.2. The van der Waals surface area contributed by atoms with Crippen LogP contribution in [0.3, 0.4) is 0 Å². The molecule has 1 aliphatic rings. The molecule has 5 N–H and O–H groups in total. The van der Waals surface area contributed by atoms with E-state index in [0.717, 1.165) is 6.42 Å². The van der Waals surface area contributed by atoms with Crippen LogP contribution in [0.25, 0.3) is 11.1 Å². The average Bonchev–Trinajstić information content (AvgIpc) is 2.85. The summed E-state index contributed by atoms with van der Waals surface area (Å²) in [6.07, 6.45) is 3.20. The number of aromatic nitrogens is 3. The Hall–Kier alpha value is -4.12. The standard InChI is InChI=1S/C25H28ClN7O4/c1-14(2)33-12-17(10-19(23(33)35)15-5-7-16(26)8-6-15)30-22-20(21(27)34)11-29-25(31-22)32-9-3-4-18(13-32)37-24(28)36/h5-8,10-12,14,18H,3-4,9,13H2,1-2H3,(H2,27,34)(H2,28,36)(H,29,30,31)/t18-/m0/s1. The van der Waals surface area contributed by atoms with Crippen LogP contribution in [-0.2, 0) is 4.74 Å². The van der Waals surface area contributed by atoms with Gasteiger partial charge >= 0.3 is 6.09 Å². The molecule has 3 aromatic rings. The minimum Gasteiger partial charge on any atom is -0.445 e. The number of hydrogen-bond donors (Lipinski definition) is 3. The van der Waals surface area contributed by atoms with Crippen LogP contribution in [0.15, 0.2) is 47.5 Å². The molecule has 12 heteroatoms. The molecule has 1 atom stereocenters. The van der Waals surface area contributed by atoms with Crippen LogP contribution in [-0.4, -0.2) is 45.7 Å². The van der Waals surface area contributed by atoms with Gasteiger partial charge in [0, 0.05) is 35.6 Å². The molecule has 2 amide bonds. The molecule has 0 unspecified atom stereocenters. The van der Waals surface area contributed by atoms with Gasteiger partial charge in [0.1, 0.15) is 17.5 Å². The molecule has 0 spiro atoms. The van der Waals surface area contributed by atoms with E-state index >= 15 is 0 Å². The van der Waals surface area contributed by atoms with Crippen LogP contribution in [0.2, 0.25) is 5.02 Å². The molecule has 1 fully saturated rings. The monoisotopic (exact) mass is 525 g/mol. The highest BCUT2D eigenvalue weighted by atomic mass is 35.5. The van der Waals surface area contributed by atoms with Gasteiger partial charge in [-0.25, -0.2) is 9.78 Å². The second kappa shape index (κ2) is 10.9. The Morgan fingerprint density at radius 1 is 1.22 bits per heavy atom. The highest BCUT2D eigenvalue weighted by Crippen LogP contribution is 2.27. The van der Waals surface area contributed by atoms with Crippen molar-refractivity contribution in [3.63, 3.8) is 0 Å². The number of pyridine rings is 1. The summed E-state index contributed by atoms with van der Waals surface area (Å²) >= 11 is 6.03. The van der Waals surface area contributed by atoms with Gasteiger partial charge in [-0.05, 0) is 50.5 Å². The zero-order valence-corrected chi connectivity index (χ0v) is 21.2. The first-order valence-electron chi connectivity index (χ1n) is 11.8. The first-order chi connectivity index (χ1) is 17.6. The van der Waals surface area contributed by atoms with Crippen molar-refractivity contribution in [2.75, 3.05) is 23.3 Å². The molecule has 0 bridgehead atoms. The number of ether oxygens (including phenoxy) is 1. The van der Waals surface area contributed by atoms with Crippen molar-refractivity contribution in [1.82, 2.24) is 14.5 Å². The summed E-state index contributed by atoms with van der Waals surface area (Å²) in [5.74, 6) is -0.190. The second-order valence-electron chi connectivity index (χ2n) is 9.02. The summed E-state index contributed by atoms with van der Waals surface area (Å²) < 4.78 is 6.74. The summed E-state index contributed by atoms with van der Waals surface area (Å²) in [7, 11) is 0. The van der Waals surface area contributed by atoms with E-state index in [9.17, 15) is 14.4 Å². The molecular weight excluding hydrogens is 498 g/mol. The maximum atomic E-state index is 13.2. The van der Waals surface area contributed by atoms with Gasteiger partial charge in [0.25, 0.3) is 11.5 Å². The molecule has 1 aromatic carbocycles. The van der Waals surface area contributed by atoms with Gasteiger partial charge in [-0.1, -0.05) is 23.7 Å². The Morgan fingerprint density at radius 2 is 1.95 bits per heavy atom. The average molecular weight is 526 g/mol. The number of halogens is 1. The van der Waals surface area contributed by atoms with Crippen LogP contribution in [0.1, 0.15) is 43.1 Å². The predicted octanol–water partition coefficient (Wildman–Crippen LogP) is 3.45. The van der Waals surface area contributed by atoms with Crippen molar-refractivity contribution in [2.45, 2.75) is 38.8 Å². The van der Waals surface area contributed by atoms with Gasteiger partial charge in [-0.2, -0.15) is 4.98 Å². The van der Waals surface area contributed by atoms with E-state index in [4.69, 9.17) is 27.8 Å². The lowest BCUT2D eigenvalue weighted by Crippen LogP contribution is -2.42. The first kappa shape index (κ1) is 26.0. The van der Waals surface area contributed by atoms with E-state index in [1.807, 2.05) is 18.7 Å². The molecule has 0 radical (unpaired) electrons. The van der Waals surface area contributed by atoms with Gasteiger partial charge in [-0.15, -0.1) is 0 Å². The minimum atomic E-state index is -0.837. The number of hydrogen-bond acceptors (Lipinski definition) is 8. The van der Waals surface area contributed by atoms with Crippen LogP contribution in [0.4, 0.5) is 22.2 Å². The van der Waals surface area contributed by atoms with Crippen molar-refractivity contribution in [1.29, 1.82) is 0 Å². The number of rotatable bonds is 7. The number of nitrogens with two attached hydrogens (primary N) is 2. The number of carbonyl (C=O) groups excluding carboxylic acids is 2. The number of amides is 2. The van der Waals surface area contributed by atoms with Crippen molar-refractivity contribution < 1.29 is 14.3 Å². The zero-order chi connectivity index (χ0) is 26.7. The van der Waals surface area contributed by atoms with E-state index in [-0.39, 0.29) is 23.0 Å². The van der Waals surface area contributed by atoms with Crippen LogP contribution in [0.5, 0.6) is 0 Å². The van der Waals surface area contributed by atoms with E-state index in [1.165, 1.54) is 6.20 Å². The van der Waals surface area contributed by atoms with Crippen molar-refractivity contribution in [2.24, 2.45) is 11.5 Å². The molecule has 2 aromatic heterocycles. The number of primary amides is 2. The number of benzene rings is 1. The van der Waals surface area contributed by atoms with Gasteiger partial charge in [-0.3, -0.25) is 9.59 Å². The topological polar surface area (TPSA) is 158 Å². The SMILES string of the molecule is CC(C)n1cc(Nc2nc(N3CCC[C@H](OC(N)=O)C3)ncc2C(N)=O)cc(-c2ccc(Cl)cc2)c1=O. The fourth-order valence-corrected chi connectivity index (χ4v) is 4.33. The summed E-state index contributed by atoms with van der Waals surface area (Å²) in [4.78, 5) is 47.3. The molecule has 1 aliphatic heterocycles. The molecular formula is C25H28ClN7O4.